The van der Waals surface area contributed by atoms with Crippen LogP contribution in [0.25, 0.3) is 11.1 Å². The Kier molecular flexibility index (Phi) is 4.58. The van der Waals surface area contributed by atoms with E-state index >= 15 is 0 Å². The van der Waals surface area contributed by atoms with Crippen LogP contribution in [0.4, 0.5) is 8.78 Å². The van der Waals surface area contributed by atoms with Gasteiger partial charge in [0, 0.05) is 0 Å². The highest BCUT2D eigenvalue weighted by Crippen LogP contribution is 2.25. The van der Waals surface area contributed by atoms with Crippen molar-refractivity contribution in [3.8, 4) is 16.9 Å². The van der Waals surface area contributed by atoms with Crippen molar-refractivity contribution >= 4 is 17.6 Å². The van der Waals surface area contributed by atoms with Gasteiger partial charge in [-0.15, -0.1) is 0 Å². The van der Waals surface area contributed by atoms with Crippen LogP contribution >= 0.6 is 11.6 Å². The largest absolute Gasteiger partial charge is 0.423 e. The molecule has 3 aromatic rings. The third kappa shape index (κ3) is 3.44. The zero-order chi connectivity index (χ0) is 17.1. The molecule has 0 fully saturated rings. The van der Waals surface area contributed by atoms with Gasteiger partial charge in [0.15, 0.2) is 11.6 Å². The number of rotatable bonds is 3. The van der Waals surface area contributed by atoms with E-state index in [0.717, 1.165) is 23.3 Å². The number of carbonyl (C=O) groups is 1. The molecule has 3 aromatic carbocycles. The Morgan fingerprint density at radius 3 is 2.08 bits per heavy atom. The molecule has 0 aromatic heterocycles. The van der Waals surface area contributed by atoms with Crippen LogP contribution in [0.3, 0.4) is 0 Å². The first kappa shape index (κ1) is 16.1. The summed E-state index contributed by atoms with van der Waals surface area (Å²) < 4.78 is 31.5. The highest BCUT2D eigenvalue weighted by molar-refractivity contribution is 6.33. The van der Waals surface area contributed by atoms with Gasteiger partial charge in [0.2, 0.25) is 0 Å². The normalized spacial score (nSPS) is 10.5. The Labute approximate surface area is 142 Å². The van der Waals surface area contributed by atoms with Crippen molar-refractivity contribution in [2.24, 2.45) is 0 Å². The van der Waals surface area contributed by atoms with Gasteiger partial charge >= 0.3 is 5.97 Å². The number of benzene rings is 3. The summed E-state index contributed by atoms with van der Waals surface area (Å²) in [6.45, 7) is 0. The second-order valence-corrected chi connectivity index (χ2v) is 5.43. The van der Waals surface area contributed by atoms with Gasteiger partial charge in [-0.05, 0) is 35.4 Å². The molecule has 0 aliphatic carbocycles. The number of halogens is 3. The lowest BCUT2D eigenvalue weighted by atomic mass is 10.1. The van der Waals surface area contributed by atoms with E-state index < -0.39 is 17.6 Å². The van der Waals surface area contributed by atoms with E-state index in [2.05, 4.69) is 0 Å². The molecule has 0 aliphatic rings. The number of esters is 1. The summed E-state index contributed by atoms with van der Waals surface area (Å²) >= 11 is 5.76. The SMILES string of the molecule is O=C(Oc1ccc(-c2ccccc2)cc1)c1cc(F)c(F)cc1Cl. The summed E-state index contributed by atoms with van der Waals surface area (Å²) in [6.07, 6.45) is 0. The molecule has 0 bridgehead atoms. The number of hydrogen-bond donors (Lipinski definition) is 0. The maximum Gasteiger partial charge on any atom is 0.345 e. The van der Waals surface area contributed by atoms with Crippen molar-refractivity contribution < 1.29 is 18.3 Å². The quantitative estimate of drug-likeness (QED) is 0.356. The zero-order valence-corrected chi connectivity index (χ0v) is 13.1. The maximum absolute atomic E-state index is 13.3. The molecule has 0 atom stereocenters. The fourth-order valence-electron chi connectivity index (χ4n) is 2.19. The predicted octanol–water partition coefficient (Wildman–Crippen LogP) is 5.50. The van der Waals surface area contributed by atoms with Gasteiger partial charge in [0.05, 0.1) is 10.6 Å². The minimum Gasteiger partial charge on any atom is -0.423 e. The lowest BCUT2D eigenvalue weighted by Gasteiger charge is -2.07. The molecule has 0 N–H and O–H groups in total. The van der Waals surface area contributed by atoms with Crippen LogP contribution in [0.2, 0.25) is 5.02 Å². The lowest BCUT2D eigenvalue weighted by Crippen LogP contribution is -2.10. The van der Waals surface area contributed by atoms with Crippen LogP contribution in [0.5, 0.6) is 5.75 Å². The third-order valence-corrected chi connectivity index (χ3v) is 3.71. The molecule has 0 amide bonds. The predicted molar refractivity (Wildman–Crippen MR) is 88.2 cm³/mol. The first-order chi connectivity index (χ1) is 11.5. The van der Waals surface area contributed by atoms with Crippen molar-refractivity contribution in [2.45, 2.75) is 0 Å². The number of ether oxygens (including phenoxy) is 1. The van der Waals surface area contributed by atoms with Crippen LogP contribution < -0.4 is 4.74 Å². The highest BCUT2D eigenvalue weighted by Gasteiger charge is 2.17. The Morgan fingerprint density at radius 1 is 0.833 bits per heavy atom. The van der Waals surface area contributed by atoms with E-state index in [1.165, 1.54) is 0 Å². The van der Waals surface area contributed by atoms with Crippen molar-refractivity contribution in [1.29, 1.82) is 0 Å². The van der Waals surface area contributed by atoms with E-state index in [0.29, 0.717) is 0 Å². The molecule has 0 radical (unpaired) electrons. The Bertz CT molecular complexity index is 878. The van der Waals surface area contributed by atoms with Gasteiger partial charge in [0.25, 0.3) is 0 Å². The van der Waals surface area contributed by atoms with Gasteiger partial charge in [0.1, 0.15) is 5.75 Å². The Morgan fingerprint density at radius 2 is 1.42 bits per heavy atom. The molecule has 0 heterocycles. The van der Waals surface area contributed by atoms with Crippen molar-refractivity contribution in [1.82, 2.24) is 0 Å². The third-order valence-electron chi connectivity index (χ3n) is 3.40. The van der Waals surface area contributed by atoms with Crippen LogP contribution in [-0.2, 0) is 0 Å². The fraction of sp³-hybridized carbons (Fsp3) is 0. The van der Waals surface area contributed by atoms with E-state index in [-0.39, 0.29) is 16.3 Å². The monoisotopic (exact) mass is 344 g/mol. The molecular formula is C19H11ClF2O2. The minimum absolute atomic E-state index is 0.209. The van der Waals surface area contributed by atoms with E-state index in [1.807, 2.05) is 30.3 Å². The minimum atomic E-state index is -1.16. The van der Waals surface area contributed by atoms with E-state index in [4.69, 9.17) is 16.3 Å². The average molecular weight is 345 g/mol. The van der Waals surface area contributed by atoms with Gasteiger partial charge in [-0.2, -0.15) is 0 Å². The smallest absolute Gasteiger partial charge is 0.345 e. The fourth-order valence-corrected chi connectivity index (χ4v) is 2.41. The second kappa shape index (κ2) is 6.81. The zero-order valence-electron chi connectivity index (χ0n) is 12.3. The van der Waals surface area contributed by atoms with Crippen molar-refractivity contribution in [3.63, 3.8) is 0 Å². The van der Waals surface area contributed by atoms with Crippen molar-refractivity contribution in [2.75, 3.05) is 0 Å². The van der Waals surface area contributed by atoms with E-state index in [9.17, 15) is 13.6 Å². The van der Waals surface area contributed by atoms with Gasteiger partial charge < -0.3 is 4.74 Å². The second-order valence-electron chi connectivity index (χ2n) is 5.03. The Hall–Kier alpha value is -2.72. The molecule has 2 nitrogen and oxygen atoms in total. The van der Waals surface area contributed by atoms with Crippen LogP contribution in [-0.4, -0.2) is 5.97 Å². The number of carbonyl (C=O) groups excluding carboxylic acids is 1. The molecule has 0 unspecified atom stereocenters. The summed E-state index contributed by atoms with van der Waals surface area (Å²) in [5, 5.41) is -0.209. The first-order valence-electron chi connectivity index (χ1n) is 7.07. The summed E-state index contributed by atoms with van der Waals surface area (Å²) in [6, 6.07) is 18.0. The maximum atomic E-state index is 13.3. The standard InChI is InChI=1S/C19H11ClF2O2/c20-16-11-18(22)17(21)10-15(16)19(23)24-14-8-6-13(7-9-14)12-4-2-1-3-5-12/h1-11H. The van der Waals surface area contributed by atoms with Gasteiger partial charge in [-0.25, -0.2) is 13.6 Å². The molecule has 24 heavy (non-hydrogen) atoms. The van der Waals surface area contributed by atoms with Gasteiger partial charge in [-0.3, -0.25) is 0 Å². The first-order valence-corrected chi connectivity index (χ1v) is 7.44. The molecular weight excluding hydrogens is 334 g/mol. The topological polar surface area (TPSA) is 26.3 Å². The van der Waals surface area contributed by atoms with Crippen molar-refractivity contribution in [3.05, 3.63) is 89.0 Å². The lowest BCUT2D eigenvalue weighted by molar-refractivity contribution is 0.0734. The Balaban J connectivity index is 1.79. The van der Waals surface area contributed by atoms with Gasteiger partial charge in [-0.1, -0.05) is 54.1 Å². The summed E-state index contributed by atoms with van der Waals surface area (Å²) in [4.78, 5) is 12.1. The van der Waals surface area contributed by atoms with E-state index in [1.54, 1.807) is 24.3 Å². The summed E-state index contributed by atoms with van der Waals surface area (Å²) in [5.74, 6) is -2.86. The van der Waals surface area contributed by atoms with Crippen LogP contribution in [0, 0.1) is 11.6 Å². The molecule has 3 rings (SSSR count). The molecule has 5 heteroatoms. The molecule has 0 saturated heterocycles. The number of hydrogen-bond acceptors (Lipinski definition) is 2. The summed E-state index contributed by atoms with van der Waals surface area (Å²) in [5.41, 5.74) is 1.75. The van der Waals surface area contributed by atoms with Crippen LogP contribution in [0.1, 0.15) is 10.4 Å². The highest BCUT2D eigenvalue weighted by atomic mass is 35.5. The molecule has 0 saturated carbocycles. The average Bonchev–Trinajstić information content (AvgIpc) is 2.59. The summed E-state index contributed by atoms with van der Waals surface area (Å²) in [7, 11) is 0. The molecule has 120 valence electrons. The molecule has 0 aliphatic heterocycles. The molecule has 0 spiro atoms. The van der Waals surface area contributed by atoms with Crippen LogP contribution in [0.15, 0.2) is 66.7 Å².